The Morgan fingerprint density at radius 1 is 1.03 bits per heavy atom. The van der Waals surface area contributed by atoms with Crippen LogP contribution in [0.3, 0.4) is 0 Å². The standard InChI is InChI=1S/C26H26N2O4/c1-17-23(10-9-19-8-5-11-27-24(17)19)25(29)20-12-21-15-31-16-22(13-20)28(21)26(30)32-14-18-6-3-2-4-7-18/h2-11,20-22H,12-16H2,1H3. The first kappa shape index (κ1) is 20.6. The quantitative estimate of drug-likeness (QED) is 0.569. The van der Waals surface area contributed by atoms with E-state index in [1.807, 2.05) is 61.5 Å². The van der Waals surface area contributed by atoms with E-state index in [9.17, 15) is 9.59 Å². The number of fused-ring (bicyclic) bond motifs is 3. The van der Waals surface area contributed by atoms with Crippen molar-refractivity contribution in [3.05, 3.63) is 77.5 Å². The van der Waals surface area contributed by atoms with Crippen LogP contribution in [-0.2, 0) is 16.1 Å². The number of benzene rings is 2. The minimum atomic E-state index is -0.330. The highest BCUT2D eigenvalue weighted by Gasteiger charge is 2.44. The van der Waals surface area contributed by atoms with Gasteiger partial charge in [0.25, 0.3) is 0 Å². The number of piperidine rings is 1. The zero-order valence-electron chi connectivity index (χ0n) is 18.1. The summed E-state index contributed by atoms with van der Waals surface area (Å²) in [4.78, 5) is 32.6. The van der Waals surface area contributed by atoms with Crippen LogP contribution < -0.4 is 0 Å². The molecule has 3 heterocycles. The van der Waals surface area contributed by atoms with Crippen LogP contribution in [0.5, 0.6) is 0 Å². The largest absolute Gasteiger partial charge is 0.445 e. The number of morpholine rings is 1. The Bertz CT molecular complexity index is 1130. The van der Waals surface area contributed by atoms with E-state index in [2.05, 4.69) is 4.98 Å². The Morgan fingerprint density at radius 3 is 2.53 bits per heavy atom. The minimum Gasteiger partial charge on any atom is -0.445 e. The Kier molecular flexibility index (Phi) is 5.62. The number of Topliss-reactive ketones (excluding diaryl/α,β-unsaturated/α-hetero) is 1. The van der Waals surface area contributed by atoms with Gasteiger partial charge >= 0.3 is 6.09 Å². The summed E-state index contributed by atoms with van der Waals surface area (Å²) in [7, 11) is 0. The van der Waals surface area contributed by atoms with Crippen molar-refractivity contribution < 1.29 is 19.1 Å². The number of nitrogens with zero attached hydrogens (tertiary/aromatic N) is 2. The molecular formula is C26H26N2O4. The molecule has 0 saturated carbocycles. The molecular weight excluding hydrogens is 404 g/mol. The lowest BCUT2D eigenvalue weighted by molar-refractivity contribution is -0.0755. The maximum Gasteiger partial charge on any atom is 0.410 e. The molecule has 2 fully saturated rings. The summed E-state index contributed by atoms with van der Waals surface area (Å²) in [6.07, 6.45) is 2.58. The number of rotatable bonds is 4. The number of hydrogen-bond acceptors (Lipinski definition) is 5. The van der Waals surface area contributed by atoms with Gasteiger partial charge in [-0.15, -0.1) is 0 Å². The van der Waals surface area contributed by atoms with E-state index in [4.69, 9.17) is 9.47 Å². The molecule has 2 unspecified atom stereocenters. The van der Waals surface area contributed by atoms with Gasteiger partial charge in [-0.25, -0.2) is 4.79 Å². The molecule has 5 rings (SSSR count). The predicted molar refractivity (Wildman–Crippen MR) is 120 cm³/mol. The van der Waals surface area contributed by atoms with Gasteiger partial charge < -0.3 is 9.47 Å². The molecule has 2 atom stereocenters. The number of ketones is 1. The lowest BCUT2D eigenvalue weighted by atomic mass is 9.80. The fraction of sp³-hybridized carbons (Fsp3) is 0.346. The molecule has 0 aliphatic carbocycles. The average molecular weight is 431 g/mol. The zero-order chi connectivity index (χ0) is 22.1. The van der Waals surface area contributed by atoms with Crippen molar-refractivity contribution in [2.45, 2.75) is 38.5 Å². The highest BCUT2D eigenvalue weighted by Crippen LogP contribution is 2.35. The number of hydrogen-bond donors (Lipinski definition) is 0. The molecule has 0 N–H and O–H groups in total. The van der Waals surface area contributed by atoms with E-state index in [0.29, 0.717) is 26.1 Å². The van der Waals surface area contributed by atoms with Gasteiger partial charge in [0.2, 0.25) is 0 Å². The topological polar surface area (TPSA) is 68.7 Å². The first-order valence-electron chi connectivity index (χ1n) is 11.1. The van der Waals surface area contributed by atoms with Crippen molar-refractivity contribution in [2.24, 2.45) is 5.92 Å². The molecule has 2 aliphatic rings. The molecule has 0 spiro atoms. The SMILES string of the molecule is Cc1c(C(=O)C2CC3COCC(C2)N3C(=O)OCc2ccccc2)ccc2cccnc12. The first-order valence-corrected chi connectivity index (χ1v) is 11.1. The molecule has 6 heteroatoms. The Hall–Kier alpha value is -3.25. The molecule has 0 radical (unpaired) electrons. The van der Waals surface area contributed by atoms with Gasteiger partial charge in [0.15, 0.2) is 5.78 Å². The van der Waals surface area contributed by atoms with Gasteiger partial charge in [-0.1, -0.05) is 48.5 Å². The second kappa shape index (κ2) is 8.71. The average Bonchev–Trinajstić information content (AvgIpc) is 2.82. The van der Waals surface area contributed by atoms with E-state index in [0.717, 1.165) is 27.6 Å². The van der Waals surface area contributed by atoms with Gasteiger partial charge in [0, 0.05) is 23.1 Å². The van der Waals surface area contributed by atoms with Crippen molar-refractivity contribution in [2.75, 3.05) is 13.2 Å². The molecule has 1 aromatic heterocycles. The third kappa shape index (κ3) is 3.86. The molecule has 6 nitrogen and oxygen atoms in total. The summed E-state index contributed by atoms with van der Waals surface area (Å²) in [5.74, 6) is -0.0174. The molecule has 2 aromatic carbocycles. The minimum absolute atomic E-state index is 0.129. The van der Waals surface area contributed by atoms with Crippen LogP contribution >= 0.6 is 0 Å². The van der Waals surface area contributed by atoms with E-state index in [1.165, 1.54) is 0 Å². The number of pyridine rings is 1. The number of aryl methyl sites for hydroxylation is 1. The van der Waals surface area contributed by atoms with Crippen LogP contribution in [0.2, 0.25) is 0 Å². The van der Waals surface area contributed by atoms with Crippen molar-refractivity contribution in [1.29, 1.82) is 0 Å². The maximum absolute atomic E-state index is 13.5. The second-order valence-corrected chi connectivity index (χ2v) is 8.64. The van der Waals surface area contributed by atoms with Gasteiger partial charge in [-0.2, -0.15) is 0 Å². The molecule has 3 aromatic rings. The number of amides is 1. The Labute approximate surface area is 187 Å². The van der Waals surface area contributed by atoms with Crippen LogP contribution in [0.15, 0.2) is 60.8 Å². The fourth-order valence-corrected chi connectivity index (χ4v) is 5.00. The Morgan fingerprint density at radius 2 is 1.78 bits per heavy atom. The van der Waals surface area contributed by atoms with Crippen LogP contribution in [0.1, 0.15) is 34.3 Å². The smallest absolute Gasteiger partial charge is 0.410 e. The summed E-state index contributed by atoms with van der Waals surface area (Å²) in [5.41, 5.74) is 3.45. The summed E-state index contributed by atoms with van der Waals surface area (Å²) in [5, 5.41) is 1.03. The van der Waals surface area contributed by atoms with E-state index >= 15 is 0 Å². The summed E-state index contributed by atoms with van der Waals surface area (Å²) in [6, 6.07) is 17.1. The van der Waals surface area contributed by atoms with Crippen LogP contribution in [0.25, 0.3) is 10.9 Å². The van der Waals surface area contributed by atoms with Crippen molar-refractivity contribution in [3.63, 3.8) is 0 Å². The van der Waals surface area contributed by atoms with Crippen molar-refractivity contribution in [3.8, 4) is 0 Å². The molecule has 32 heavy (non-hydrogen) atoms. The predicted octanol–water partition coefficient (Wildman–Crippen LogP) is 4.54. The van der Waals surface area contributed by atoms with Gasteiger partial charge in [0.05, 0.1) is 30.8 Å². The molecule has 1 amide bonds. The monoisotopic (exact) mass is 430 g/mol. The summed E-state index contributed by atoms with van der Waals surface area (Å²) in [6.45, 7) is 3.06. The van der Waals surface area contributed by atoms with Crippen molar-refractivity contribution in [1.82, 2.24) is 9.88 Å². The summed E-state index contributed by atoms with van der Waals surface area (Å²) < 4.78 is 11.3. The molecule has 2 aliphatic heterocycles. The van der Waals surface area contributed by atoms with E-state index in [-0.39, 0.29) is 36.5 Å². The van der Waals surface area contributed by atoms with E-state index in [1.54, 1.807) is 11.1 Å². The number of aromatic nitrogens is 1. The Balaban J connectivity index is 1.31. The molecule has 2 saturated heterocycles. The maximum atomic E-state index is 13.5. The van der Waals surface area contributed by atoms with Crippen LogP contribution in [0, 0.1) is 12.8 Å². The molecule has 164 valence electrons. The van der Waals surface area contributed by atoms with E-state index < -0.39 is 0 Å². The fourth-order valence-electron chi connectivity index (χ4n) is 5.00. The number of ether oxygens (including phenoxy) is 2. The van der Waals surface area contributed by atoms with Gasteiger partial charge in [0.1, 0.15) is 6.61 Å². The summed E-state index contributed by atoms with van der Waals surface area (Å²) >= 11 is 0. The second-order valence-electron chi connectivity index (χ2n) is 8.64. The first-order chi connectivity index (χ1) is 15.6. The van der Waals surface area contributed by atoms with Crippen LogP contribution in [-0.4, -0.2) is 47.1 Å². The lowest BCUT2D eigenvalue weighted by Gasteiger charge is -2.47. The highest BCUT2D eigenvalue weighted by molar-refractivity contribution is 6.03. The number of carbonyl (C=O) groups is 2. The van der Waals surface area contributed by atoms with Gasteiger partial charge in [-0.3, -0.25) is 14.7 Å². The third-order valence-electron chi connectivity index (χ3n) is 6.60. The van der Waals surface area contributed by atoms with Gasteiger partial charge in [-0.05, 0) is 37.0 Å². The van der Waals surface area contributed by atoms with Crippen LogP contribution in [0.4, 0.5) is 4.79 Å². The number of carbonyl (C=O) groups excluding carboxylic acids is 2. The lowest BCUT2D eigenvalue weighted by Crippen LogP contribution is -2.59. The third-order valence-corrected chi connectivity index (χ3v) is 6.60. The molecule has 2 bridgehead atoms. The van der Waals surface area contributed by atoms with Crippen molar-refractivity contribution >= 4 is 22.8 Å². The zero-order valence-corrected chi connectivity index (χ0v) is 18.1. The normalized spacial score (nSPS) is 22.5. The highest BCUT2D eigenvalue weighted by atomic mass is 16.6.